The highest BCUT2D eigenvalue weighted by Crippen LogP contribution is 2.23. The van der Waals surface area contributed by atoms with Crippen LogP contribution < -0.4 is 0 Å². The van der Waals surface area contributed by atoms with Crippen molar-refractivity contribution in [2.45, 2.75) is 46.3 Å². The molecule has 0 spiro atoms. The Hall–Kier alpha value is -1.17. The number of benzene rings is 1. The molecule has 3 nitrogen and oxygen atoms in total. The summed E-state index contributed by atoms with van der Waals surface area (Å²) < 4.78 is 32.2. The summed E-state index contributed by atoms with van der Waals surface area (Å²) >= 11 is 3.19. The van der Waals surface area contributed by atoms with Gasteiger partial charge in [0.2, 0.25) is 0 Å². The quantitative estimate of drug-likeness (QED) is 0.713. The van der Waals surface area contributed by atoms with Crippen molar-refractivity contribution < 1.29 is 18.3 Å². The van der Waals surface area contributed by atoms with Crippen molar-refractivity contribution in [2.24, 2.45) is 0 Å². The smallest absolute Gasteiger partial charge is 0.410 e. The Morgan fingerprint density at radius 1 is 1.29 bits per heavy atom. The number of ether oxygens (including phenoxy) is 1. The number of rotatable bonds is 4. The number of hydrogen-bond donors (Lipinski definition) is 0. The molecule has 0 bridgehead atoms. The number of hydrogen-bond acceptors (Lipinski definition) is 2. The molecule has 0 radical (unpaired) electrons. The largest absolute Gasteiger partial charge is 0.444 e. The van der Waals surface area contributed by atoms with Crippen molar-refractivity contribution in [1.82, 2.24) is 4.90 Å². The topological polar surface area (TPSA) is 29.5 Å². The van der Waals surface area contributed by atoms with Crippen LogP contribution in [0.4, 0.5) is 13.6 Å². The third kappa shape index (κ3) is 5.61. The van der Waals surface area contributed by atoms with Crippen LogP contribution in [-0.4, -0.2) is 23.1 Å². The summed E-state index contributed by atoms with van der Waals surface area (Å²) in [5.41, 5.74) is -0.109. The van der Waals surface area contributed by atoms with Crippen molar-refractivity contribution in [3.63, 3.8) is 0 Å². The van der Waals surface area contributed by atoms with E-state index in [1.807, 2.05) is 6.92 Å². The predicted molar refractivity (Wildman–Crippen MR) is 81.0 cm³/mol. The fraction of sp³-hybridized carbons (Fsp3) is 0.533. The molecule has 6 heteroatoms. The molecule has 1 rings (SSSR count). The van der Waals surface area contributed by atoms with Crippen LogP contribution in [0.5, 0.6) is 0 Å². The molecule has 1 amide bonds. The molecule has 0 saturated heterocycles. The van der Waals surface area contributed by atoms with E-state index in [-0.39, 0.29) is 6.54 Å². The van der Waals surface area contributed by atoms with Gasteiger partial charge in [-0.25, -0.2) is 13.6 Å². The zero-order valence-electron chi connectivity index (χ0n) is 12.7. The van der Waals surface area contributed by atoms with Crippen molar-refractivity contribution in [2.75, 3.05) is 6.54 Å². The van der Waals surface area contributed by atoms with Crippen LogP contribution in [0.1, 0.15) is 39.7 Å². The summed E-state index contributed by atoms with van der Waals surface area (Å²) in [6, 6.07) is 2.15. The van der Waals surface area contributed by atoms with E-state index in [0.29, 0.717) is 16.6 Å². The first-order valence-electron chi connectivity index (χ1n) is 6.75. The van der Waals surface area contributed by atoms with Crippen LogP contribution in [0.2, 0.25) is 0 Å². The monoisotopic (exact) mass is 363 g/mol. The Labute approximate surface area is 132 Å². The van der Waals surface area contributed by atoms with E-state index in [1.165, 1.54) is 4.90 Å². The number of amides is 1. The van der Waals surface area contributed by atoms with Crippen LogP contribution in [-0.2, 0) is 11.3 Å². The number of carbonyl (C=O) groups excluding carboxylic acids is 1. The number of carbonyl (C=O) groups is 1. The van der Waals surface area contributed by atoms with Crippen molar-refractivity contribution in [3.05, 3.63) is 33.8 Å². The van der Waals surface area contributed by atoms with Gasteiger partial charge in [-0.05, 0) is 44.9 Å². The average molecular weight is 364 g/mol. The maximum Gasteiger partial charge on any atom is 0.410 e. The van der Waals surface area contributed by atoms with Gasteiger partial charge in [0.1, 0.15) is 5.60 Å². The van der Waals surface area contributed by atoms with Crippen LogP contribution >= 0.6 is 15.9 Å². The maximum absolute atomic E-state index is 13.3. The minimum absolute atomic E-state index is 0.153. The Bertz CT molecular complexity index is 515. The summed E-state index contributed by atoms with van der Waals surface area (Å²) in [6.45, 7) is 7.89. The molecule has 118 valence electrons. The molecular weight excluding hydrogens is 344 g/mol. The molecule has 0 atom stereocenters. The van der Waals surface area contributed by atoms with Crippen molar-refractivity contribution in [3.8, 4) is 0 Å². The minimum Gasteiger partial charge on any atom is -0.444 e. The Morgan fingerprint density at radius 2 is 1.86 bits per heavy atom. The first-order valence-corrected chi connectivity index (χ1v) is 7.54. The van der Waals surface area contributed by atoms with Gasteiger partial charge in [-0.1, -0.05) is 22.9 Å². The second-order valence-electron chi connectivity index (χ2n) is 5.76. The summed E-state index contributed by atoms with van der Waals surface area (Å²) in [5, 5.41) is 0. The second-order valence-corrected chi connectivity index (χ2v) is 6.61. The molecule has 0 aromatic heterocycles. The molecule has 0 heterocycles. The molecule has 0 fully saturated rings. The van der Waals surface area contributed by atoms with E-state index < -0.39 is 23.3 Å². The third-order valence-corrected chi connectivity index (χ3v) is 3.33. The van der Waals surface area contributed by atoms with Gasteiger partial charge < -0.3 is 9.64 Å². The van der Waals surface area contributed by atoms with E-state index in [1.54, 1.807) is 20.8 Å². The van der Waals surface area contributed by atoms with Crippen LogP contribution in [0, 0.1) is 11.6 Å². The summed E-state index contributed by atoms with van der Waals surface area (Å²) in [5.74, 6) is -1.86. The van der Waals surface area contributed by atoms with Gasteiger partial charge in [-0.15, -0.1) is 0 Å². The molecule has 0 aliphatic rings. The van der Waals surface area contributed by atoms with Gasteiger partial charge in [0.15, 0.2) is 11.6 Å². The van der Waals surface area contributed by atoms with Crippen LogP contribution in [0.3, 0.4) is 0 Å². The van der Waals surface area contributed by atoms with E-state index in [4.69, 9.17) is 4.74 Å². The standard InChI is InChI=1S/C15H20BrF2NO2/c1-5-6-19(14(20)21-15(2,3)4)9-10-7-12(17)13(18)8-11(10)16/h7-8H,5-6,9H2,1-4H3. The highest BCUT2D eigenvalue weighted by atomic mass is 79.9. The zero-order chi connectivity index (χ0) is 16.2. The summed E-state index contributed by atoms with van der Waals surface area (Å²) in [6.07, 6.45) is 0.265. The SMILES string of the molecule is CCCN(Cc1cc(F)c(F)cc1Br)C(=O)OC(C)(C)C. The molecule has 0 aliphatic heterocycles. The highest BCUT2D eigenvalue weighted by Gasteiger charge is 2.22. The van der Waals surface area contributed by atoms with Crippen molar-refractivity contribution in [1.29, 1.82) is 0 Å². The lowest BCUT2D eigenvalue weighted by Crippen LogP contribution is -2.37. The third-order valence-electron chi connectivity index (χ3n) is 2.60. The number of halogens is 3. The van der Waals surface area contributed by atoms with E-state index >= 15 is 0 Å². The minimum atomic E-state index is -0.936. The molecule has 21 heavy (non-hydrogen) atoms. The molecule has 0 aliphatic carbocycles. The summed E-state index contributed by atoms with van der Waals surface area (Å²) in [7, 11) is 0. The van der Waals surface area contributed by atoms with Crippen LogP contribution in [0.15, 0.2) is 16.6 Å². The van der Waals surface area contributed by atoms with E-state index in [9.17, 15) is 13.6 Å². The number of nitrogens with zero attached hydrogens (tertiary/aromatic N) is 1. The van der Waals surface area contributed by atoms with Crippen molar-refractivity contribution >= 4 is 22.0 Å². The highest BCUT2D eigenvalue weighted by molar-refractivity contribution is 9.10. The first-order chi connectivity index (χ1) is 9.64. The normalized spacial score (nSPS) is 11.4. The lowest BCUT2D eigenvalue weighted by molar-refractivity contribution is 0.0233. The van der Waals surface area contributed by atoms with Gasteiger partial charge in [-0.3, -0.25) is 0 Å². The lowest BCUT2D eigenvalue weighted by Gasteiger charge is -2.27. The average Bonchev–Trinajstić information content (AvgIpc) is 2.33. The fourth-order valence-corrected chi connectivity index (χ4v) is 2.16. The van der Waals surface area contributed by atoms with Gasteiger partial charge >= 0.3 is 6.09 Å². The Kier molecular flexibility index (Phi) is 6.13. The Balaban J connectivity index is 2.93. The Morgan fingerprint density at radius 3 is 2.38 bits per heavy atom. The molecule has 1 aromatic rings. The van der Waals surface area contributed by atoms with Gasteiger partial charge in [0, 0.05) is 11.0 Å². The van der Waals surface area contributed by atoms with Gasteiger partial charge in [0.05, 0.1) is 6.54 Å². The van der Waals surface area contributed by atoms with E-state index in [2.05, 4.69) is 15.9 Å². The molecule has 0 saturated carbocycles. The van der Waals surface area contributed by atoms with Gasteiger partial charge in [-0.2, -0.15) is 0 Å². The zero-order valence-corrected chi connectivity index (χ0v) is 14.3. The lowest BCUT2D eigenvalue weighted by atomic mass is 10.2. The summed E-state index contributed by atoms with van der Waals surface area (Å²) in [4.78, 5) is 13.6. The molecule has 0 unspecified atom stereocenters. The van der Waals surface area contributed by atoms with Gasteiger partial charge in [0.25, 0.3) is 0 Å². The molecule has 0 N–H and O–H groups in total. The predicted octanol–water partition coefficient (Wildman–Crippen LogP) is 4.87. The second kappa shape index (κ2) is 7.20. The molecule has 1 aromatic carbocycles. The fourth-order valence-electron chi connectivity index (χ4n) is 1.72. The van der Waals surface area contributed by atoms with E-state index in [0.717, 1.165) is 18.6 Å². The molecular formula is C15H20BrF2NO2. The maximum atomic E-state index is 13.3. The van der Waals surface area contributed by atoms with Crippen LogP contribution in [0.25, 0.3) is 0 Å². The first kappa shape index (κ1) is 17.9.